The first-order chi connectivity index (χ1) is 9.60. The molecule has 2 N–H and O–H groups in total. The van der Waals surface area contributed by atoms with Gasteiger partial charge in [0.05, 0.1) is 5.92 Å². The molecular formula is C16H16O4. The van der Waals surface area contributed by atoms with Crippen molar-refractivity contribution in [3.8, 4) is 17.2 Å². The number of hydrogen-bond acceptors (Lipinski definition) is 4. The number of ether oxygens (including phenoxy) is 1. The summed E-state index contributed by atoms with van der Waals surface area (Å²) < 4.78 is 5.29. The highest BCUT2D eigenvalue weighted by atomic mass is 16.5. The monoisotopic (exact) mass is 272 g/mol. The van der Waals surface area contributed by atoms with Crippen molar-refractivity contribution in [1.29, 1.82) is 0 Å². The molecule has 0 saturated heterocycles. The van der Waals surface area contributed by atoms with Gasteiger partial charge >= 0.3 is 5.97 Å². The van der Waals surface area contributed by atoms with Gasteiger partial charge in [0.15, 0.2) is 0 Å². The number of carbonyl (C=O) groups excluding carboxylic acids is 1. The summed E-state index contributed by atoms with van der Waals surface area (Å²) in [6.07, 6.45) is 0.599. The van der Waals surface area contributed by atoms with Crippen molar-refractivity contribution in [2.45, 2.75) is 19.3 Å². The summed E-state index contributed by atoms with van der Waals surface area (Å²) in [6, 6.07) is 12.5. The van der Waals surface area contributed by atoms with Crippen LogP contribution in [0.1, 0.15) is 24.8 Å². The SMILES string of the molecule is CCC(C(=O)Oc1ccc(O)cc1)c1ccc(O)cc1. The molecule has 1 unspecified atom stereocenters. The first-order valence-corrected chi connectivity index (χ1v) is 6.40. The Morgan fingerprint density at radius 2 is 1.50 bits per heavy atom. The van der Waals surface area contributed by atoms with E-state index in [1.807, 2.05) is 6.92 Å². The van der Waals surface area contributed by atoms with Gasteiger partial charge in [0, 0.05) is 0 Å². The minimum absolute atomic E-state index is 0.121. The zero-order chi connectivity index (χ0) is 14.5. The van der Waals surface area contributed by atoms with Gasteiger partial charge in [-0.25, -0.2) is 0 Å². The molecule has 0 spiro atoms. The summed E-state index contributed by atoms with van der Waals surface area (Å²) in [7, 11) is 0. The minimum atomic E-state index is -0.385. The van der Waals surface area contributed by atoms with Crippen LogP contribution in [-0.4, -0.2) is 16.2 Å². The van der Waals surface area contributed by atoms with Crippen LogP contribution in [0.25, 0.3) is 0 Å². The van der Waals surface area contributed by atoms with E-state index >= 15 is 0 Å². The maximum atomic E-state index is 12.2. The van der Waals surface area contributed by atoms with Crippen molar-refractivity contribution in [3.63, 3.8) is 0 Å². The Kier molecular flexibility index (Phi) is 4.25. The van der Waals surface area contributed by atoms with Crippen molar-refractivity contribution in [2.24, 2.45) is 0 Å². The van der Waals surface area contributed by atoms with Crippen LogP contribution in [0, 0.1) is 0 Å². The molecule has 0 aliphatic rings. The molecule has 0 saturated carbocycles. The molecule has 4 nitrogen and oxygen atoms in total. The van der Waals surface area contributed by atoms with Crippen molar-refractivity contribution in [3.05, 3.63) is 54.1 Å². The van der Waals surface area contributed by atoms with Crippen molar-refractivity contribution in [1.82, 2.24) is 0 Å². The predicted octanol–water partition coefficient (Wildman–Crippen LogP) is 3.20. The Morgan fingerprint density at radius 3 is 2.00 bits per heavy atom. The molecule has 4 heteroatoms. The average Bonchev–Trinajstić information content (AvgIpc) is 2.44. The predicted molar refractivity (Wildman–Crippen MR) is 74.9 cm³/mol. The van der Waals surface area contributed by atoms with Gasteiger partial charge in [-0.15, -0.1) is 0 Å². The van der Waals surface area contributed by atoms with Gasteiger partial charge in [-0.1, -0.05) is 19.1 Å². The van der Waals surface area contributed by atoms with Gasteiger partial charge in [-0.3, -0.25) is 4.79 Å². The molecule has 0 amide bonds. The van der Waals surface area contributed by atoms with Crippen LogP contribution < -0.4 is 4.74 Å². The lowest BCUT2D eigenvalue weighted by atomic mass is 9.96. The Bertz CT molecular complexity index is 572. The van der Waals surface area contributed by atoms with Crippen LogP contribution in [0.2, 0.25) is 0 Å². The van der Waals surface area contributed by atoms with Crippen LogP contribution >= 0.6 is 0 Å². The molecule has 1 atom stereocenters. The lowest BCUT2D eigenvalue weighted by Crippen LogP contribution is -2.18. The lowest BCUT2D eigenvalue weighted by Gasteiger charge is -2.14. The van der Waals surface area contributed by atoms with E-state index in [1.165, 1.54) is 24.3 Å². The van der Waals surface area contributed by atoms with E-state index in [2.05, 4.69) is 0 Å². The first-order valence-electron chi connectivity index (χ1n) is 6.40. The summed E-state index contributed by atoms with van der Waals surface area (Å²) >= 11 is 0. The summed E-state index contributed by atoms with van der Waals surface area (Å²) in [6.45, 7) is 1.90. The number of aromatic hydroxyl groups is 2. The maximum Gasteiger partial charge on any atom is 0.318 e. The van der Waals surface area contributed by atoms with E-state index in [1.54, 1.807) is 24.3 Å². The fraction of sp³-hybridized carbons (Fsp3) is 0.188. The number of esters is 1. The van der Waals surface area contributed by atoms with Gasteiger partial charge in [0.2, 0.25) is 0 Å². The fourth-order valence-corrected chi connectivity index (χ4v) is 1.95. The first kappa shape index (κ1) is 13.9. The maximum absolute atomic E-state index is 12.2. The third-order valence-electron chi connectivity index (χ3n) is 3.04. The highest BCUT2D eigenvalue weighted by molar-refractivity contribution is 5.80. The van der Waals surface area contributed by atoms with E-state index < -0.39 is 0 Å². The minimum Gasteiger partial charge on any atom is -0.508 e. The highest BCUT2D eigenvalue weighted by Gasteiger charge is 2.20. The van der Waals surface area contributed by atoms with Gasteiger partial charge in [0.25, 0.3) is 0 Å². The Labute approximate surface area is 117 Å². The fourth-order valence-electron chi connectivity index (χ4n) is 1.95. The van der Waals surface area contributed by atoms with Crippen LogP contribution in [0.5, 0.6) is 17.2 Å². The molecule has 0 aliphatic heterocycles. The third-order valence-corrected chi connectivity index (χ3v) is 3.04. The standard InChI is InChI=1S/C16H16O4/c1-2-15(11-3-5-12(17)6-4-11)16(19)20-14-9-7-13(18)8-10-14/h3-10,15,17-18H,2H2,1H3. The Hall–Kier alpha value is -2.49. The second-order valence-electron chi connectivity index (χ2n) is 4.47. The smallest absolute Gasteiger partial charge is 0.318 e. The molecule has 104 valence electrons. The third kappa shape index (κ3) is 3.29. The molecule has 0 radical (unpaired) electrons. The number of benzene rings is 2. The van der Waals surface area contributed by atoms with E-state index in [9.17, 15) is 15.0 Å². The van der Waals surface area contributed by atoms with Crippen molar-refractivity contribution < 1.29 is 19.7 Å². The average molecular weight is 272 g/mol. The molecule has 0 aromatic heterocycles. The van der Waals surface area contributed by atoms with Crippen LogP contribution in [0.4, 0.5) is 0 Å². The van der Waals surface area contributed by atoms with E-state index in [0.29, 0.717) is 12.2 Å². The molecule has 0 heterocycles. The highest BCUT2D eigenvalue weighted by Crippen LogP contribution is 2.25. The normalized spacial score (nSPS) is 11.8. The number of phenols is 2. The van der Waals surface area contributed by atoms with E-state index in [0.717, 1.165) is 5.56 Å². The molecule has 2 aromatic carbocycles. The summed E-state index contributed by atoms with van der Waals surface area (Å²) in [4.78, 5) is 12.2. The molecule has 0 fully saturated rings. The van der Waals surface area contributed by atoms with Gasteiger partial charge in [-0.05, 0) is 48.4 Å². The second kappa shape index (κ2) is 6.10. The Balaban J connectivity index is 2.13. The van der Waals surface area contributed by atoms with E-state index in [-0.39, 0.29) is 23.4 Å². The Morgan fingerprint density at radius 1 is 1.00 bits per heavy atom. The number of rotatable bonds is 4. The van der Waals surface area contributed by atoms with Gasteiger partial charge < -0.3 is 14.9 Å². The summed E-state index contributed by atoms with van der Waals surface area (Å²) in [5.74, 6) is -0.0656. The van der Waals surface area contributed by atoms with Crippen LogP contribution in [0.15, 0.2) is 48.5 Å². The van der Waals surface area contributed by atoms with Crippen molar-refractivity contribution in [2.75, 3.05) is 0 Å². The number of hydrogen-bond donors (Lipinski definition) is 2. The number of phenolic OH excluding ortho intramolecular Hbond substituents is 2. The molecule has 2 aromatic rings. The molecular weight excluding hydrogens is 256 g/mol. The lowest BCUT2D eigenvalue weighted by molar-refractivity contribution is -0.136. The molecule has 0 aliphatic carbocycles. The topological polar surface area (TPSA) is 66.8 Å². The van der Waals surface area contributed by atoms with Crippen LogP contribution in [0.3, 0.4) is 0 Å². The van der Waals surface area contributed by atoms with E-state index in [4.69, 9.17) is 4.74 Å². The molecule has 2 rings (SSSR count). The van der Waals surface area contributed by atoms with Crippen molar-refractivity contribution >= 4 is 5.97 Å². The largest absolute Gasteiger partial charge is 0.508 e. The second-order valence-corrected chi connectivity index (χ2v) is 4.47. The molecule has 20 heavy (non-hydrogen) atoms. The van der Waals surface area contributed by atoms with Gasteiger partial charge in [0.1, 0.15) is 17.2 Å². The summed E-state index contributed by atoms with van der Waals surface area (Å²) in [5.41, 5.74) is 0.800. The van der Waals surface area contributed by atoms with Gasteiger partial charge in [-0.2, -0.15) is 0 Å². The zero-order valence-corrected chi connectivity index (χ0v) is 11.1. The number of carbonyl (C=O) groups is 1. The summed E-state index contributed by atoms with van der Waals surface area (Å²) in [5, 5.41) is 18.5. The zero-order valence-electron chi connectivity index (χ0n) is 11.1. The van der Waals surface area contributed by atoms with Crippen LogP contribution in [-0.2, 0) is 4.79 Å². The molecule has 0 bridgehead atoms. The quantitative estimate of drug-likeness (QED) is 0.662.